The van der Waals surface area contributed by atoms with Crippen LogP contribution in [0.25, 0.3) is 11.3 Å². The van der Waals surface area contributed by atoms with Crippen LogP contribution in [0, 0.1) is 0 Å². The first-order valence-electron chi connectivity index (χ1n) is 19.6. The molecule has 3 fully saturated rings. The third-order valence-electron chi connectivity index (χ3n) is 11.1. The van der Waals surface area contributed by atoms with Crippen LogP contribution in [0.5, 0.6) is 0 Å². The maximum absolute atomic E-state index is 14.3. The minimum absolute atomic E-state index is 0.0122. The number of alkyl halides is 3. The van der Waals surface area contributed by atoms with Gasteiger partial charge in [-0.3, -0.25) is 9.48 Å². The molecular formula is C38H56F3N7O5S2. The number of rotatable bonds is 12. The van der Waals surface area contributed by atoms with Gasteiger partial charge in [0.15, 0.2) is 0 Å². The number of hydrogen-bond acceptors (Lipinski definition) is 9. The topological polar surface area (TPSA) is 120 Å². The maximum Gasteiger partial charge on any atom is 0.417 e. The van der Waals surface area contributed by atoms with Gasteiger partial charge < -0.3 is 24.8 Å². The summed E-state index contributed by atoms with van der Waals surface area (Å²) in [4.78, 5) is 31.2. The number of ether oxygens (including phenoxy) is 1. The second kappa shape index (κ2) is 17.3. The second-order valence-electron chi connectivity index (χ2n) is 16.3. The highest BCUT2D eigenvalue weighted by Gasteiger charge is 2.36. The number of amides is 2. The molecule has 4 aliphatic rings. The molecule has 55 heavy (non-hydrogen) atoms. The highest BCUT2D eigenvalue weighted by Crippen LogP contribution is 2.40. The fraction of sp³-hybridized carbons (Fsp3) is 0.711. The average molecular weight is 812 g/mol. The lowest BCUT2D eigenvalue weighted by Gasteiger charge is -2.36. The van der Waals surface area contributed by atoms with Crippen molar-refractivity contribution in [1.29, 1.82) is 0 Å². The number of benzene rings is 1. The number of fused-ring (bicyclic) bond motifs is 1. The summed E-state index contributed by atoms with van der Waals surface area (Å²) in [5.41, 5.74) is 1.44. The third-order valence-corrected chi connectivity index (χ3v) is 13.3. The molecule has 0 aliphatic carbocycles. The normalized spacial score (nSPS) is 20.3. The summed E-state index contributed by atoms with van der Waals surface area (Å²) in [7, 11) is -3.50. The Morgan fingerprint density at radius 3 is 2.29 bits per heavy atom. The van der Waals surface area contributed by atoms with Crippen molar-refractivity contribution in [2.24, 2.45) is 0 Å². The first-order valence-corrected chi connectivity index (χ1v) is 22.4. The largest absolute Gasteiger partial charge is 0.444 e. The number of aromatic nitrogens is 2. The number of piperidine rings is 2. The number of nitrogens with zero attached hydrogens (tertiary/aromatic N) is 6. The smallest absolute Gasteiger partial charge is 0.417 e. The van der Waals surface area contributed by atoms with Crippen molar-refractivity contribution in [3.8, 4) is 11.3 Å². The first kappa shape index (κ1) is 41.8. The van der Waals surface area contributed by atoms with Crippen molar-refractivity contribution >= 4 is 33.8 Å². The van der Waals surface area contributed by atoms with Gasteiger partial charge in [-0.15, -0.1) is 11.8 Å². The van der Waals surface area contributed by atoms with E-state index in [1.54, 1.807) is 6.07 Å². The zero-order valence-corrected chi connectivity index (χ0v) is 34.1. The van der Waals surface area contributed by atoms with Crippen LogP contribution in [0.2, 0.25) is 0 Å². The predicted octanol–water partition coefficient (Wildman–Crippen LogP) is 5.44. The maximum atomic E-state index is 14.3. The number of carbonyl (C=O) groups excluding carboxylic acids is 2. The molecule has 0 bridgehead atoms. The van der Waals surface area contributed by atoms with Gasteiger partial charge in [0.05, 0.1) is 17.5 Å². The summed E-state index contributed by atoms with van der Waals surface area (Å²) in [5, 5.41) is 7.88. The van der Waals surface area contributed by atoms with E-state index in [0.717, 1.165) is 93.8 Å². The molecule has 0 atom stereocenters. The number of likely N-dealkylation sites (tertiary alicyclic amines) is 3. The molecule has 12 nitrogen and oxygen atoms in total. The minimum Gasteiger partial charge on any atom is -0.444 e. The van der Waals surface area contributed by atoms with Crippen molar-refractivity contribution < 1.29 is 35.9 Å². The fourth-order valence-electron chi connectivity index (χ4n) is 8.20. The predicted molar refractivity (Wildman–Crippen MR) is 206 cm³/mol. The molecule has 17 heteroatoms. The van der Waals surface area contributed by atoms with Crippen LogP contribution in [0.3, 0.4) is 0 Å². The van der Waals surface area contributed by atoms with Gasteiger partial charge >= 0.3 is 12.3 Å². The number of alkyl carbamates (subject to hydrolysis) is 1. The van der Waals surface area contributed by atoms with E-state index in [1.807, 2.05) is 25.5 Å². The van der Waals surface area contributed by atoms with E-state index in [9.17, 15) is 31.2 Å². The molecule has 0 unspecified atom stereocenters. The molecule has 0 radical (unpaired) electrons. The molecular weight excluding hydrogens is 756 g/mol. The van der Waals surface area contributed by atoms with Crippen molar-refractivity contribution in [3.63, 3.8) is 0 Å². The zero-order chi connectivity index (χ0) is 39.5. The van der Waals surface area contributed by atoms with E-state index < -0.39 is 33.5 Å². The molecule has 306 valence electrons. The van der Waals surface area contributed by atoms with Crippen molar-refractivity contribution in [1.82, 2.24) is 34.1 Å². The Bertz CT molecular complexity index is 1780. The van der Waals surface area contributed by atoms with E-state index in [4.69, 9.17) is 9.84 Å². The lowest BCUT2D eigenvalue weighted by Crippen LogP contribution is -2.46. The molecule has 6 rings (SSSR count). The molecule has 0 saturated carbocycles. The first-order chi connectivity index (χ1) is 25.9. The number of sulfonamides is 1. The number of nitrogens with one attached hydrogen (secondary N) is 1. The average Bonchev–Trinajstić information content (AvgIpc) is 3.70. The van der Waals surface area contributed by atoms with Crippen LogP contribution in [0.15, 0.2) is 23.1 Å². The Balaban J connectivity index is 1.11. The number of thioether (sulfide) groups is 1. The molecule has 1 aromatic carbocycles. The van der Waals surface area contributed by atoms with Crippen LogP contribution < -0.4 is 5.32 Å². The Hall–Kier alpha value is -2.86. The highest BCUT2D eigenvalue weighted by atomic mass is 32.2. The number of carbonyl (C=O) groups is 2. The van der Waals surface area contributed by atoms with E-state index >= 15 is 0 Å². The Morgan fingerprint density at radius 1 is 0.964 bits per heavy atom. The third kappa shape index (κ3) is 11.0. The van der Waals surface area contributed by atoms with Gasteiger partial charge in [0.25, 0.3) is 0 Å². The van der Waals surface area contributed by atoms with Crippen molar-refractivity contribution in [2.45, 2.75) is 114 Å². The Morgan fingerprint density at radius 2 is 1.65 bits per heavy atom. The van der Waals surface area contributed by atoms with Gasteiger partial charge in [0.2, 0.25) is 15.9 Å². The molecule has 3 saturated heterocycles. The summed E-state index contributed by atoms with van der Waals surface area (Å²) in [6.07, 6.45) is 2.47. The van der Waals surface area contributed by atoms with Crippen LogP contribution in [-0.4, -0.2) is 131 Å². The van der Waals surface area contributed by atoms with Crippen LogP contribution >= 0.6 is 11.8 Å². The monoisotopic (exact) mass is 811 g/mol. The minimum atomic E-state index is -4.54. The molecule has 2 aromatic rings. The summed E-state index contributed by atoms with van der Waals surface area (Å²) >= 11 is 1.16. The highest BCUT2D eigenvalue weighted by molar-refractivity contribution is 7.99. The SMILES string of the molecule is CC(C)(C)OC(=O)NC1CCN(CCSc2cc(-c3nn(CCCN4CCC(N5CCCC5=O)CC4)c4c3CN(S(C)(=O)=O)CC4)ccc2C(F)(F)F)CC1. The number of hydrogen-bond donors (Lipinski definition) is 1. The van der Waals surface area contributed by atoms with E-state index in [2.05, 4.69) is 20.0 Å². The Labute approximate surface area is 327 Å². The molecule has 5 heterocycles. The molecule has 1 N–H and O–H groups in total. The quantitative estimate of drug-likeness (QED) is 0.280. The van der Waals surface area contributed by atoms with E-state index in [0.29, 0.717) is 68.6 Å². The number of halogens is 3. The van der Waals surface area contributed by atoms with Gasteiger partial charge in [0, 0.05) is 111 Å². The van der Waals surface area contributed by atoms with E-state index in [1.165, 1.54) is 16.6 Å². The fourth-order valence-corrected chi connectivity index (χ4v) is 10.1. The standard InChI is InChI=1S/C38H56F3N7O5S2/c1-37(2,3)53-36(50)42-28-10-18-45(19-11-28)23-24-54-33-25-27(8-9-31(33)38(39,40)41)35-30-26-46(55(4,51)52)22-14-32(30)48(43-35)17-6-15-44-20-12-29(13-21-44)47-16-5-7-34(47)49/h8-9,25,28-29H,5-7,10-24,26H2,1-4H3,(H,42,50). The second-order valence-corrected chi connectivity index (χ2v) is 19.4. The molecule has 0 spiro atoms. The van der Waals surface area contributed by atoms with Crippen LogP contribution in [0.4, 0.5) is 18.0 Å². The van der Waals surface area contributed by atoms with Crippen molar-refractivity contribution in [3.05, 3.63) is 35.0 Å². The van der Waals surface area contributed by atoms with Gasteiger partial charge in [-0.25, -0.2) is 13.2 Å². The van der Waals surface area contributed by atoms with Crippen LogP contribution in [0.1, 0.15) is 82.5 Å². The molecule has 4 aliphatic heterocycles. The van der Waals surface area contributed by atoms with Gasteiger partial charge in [-0.1, -0.05) is 6.07 Å². The van der Waals surface area contributed by atoms with Crippen molar-refractivity contribution in [2.75, 3.05) is 64.4 Å². The Kier molecular flexibility index (Phi) is 13.2. The van der Waals surface area contributed by atoms with Gasteiger partial charge in [-0.05, 0) is 78.0 Å². The number of aryl methyl sites for hydroxylation is 1. The van der Waals surface area contributed by atoms with E-state index in [-0.39, 0.29) is 23.4 Å². The summed E-state index contributed by atoms with van der Waals surface area (Å²) in [5.74, 6) is 0.713. The zero-order valence-electron chi connectivity index (χ0n) is 32.5. The van der Waals surface area contributed by atoms with Gasteiger partial charge in [0.1, 0.15) is 5.60 Å². The summed E-state index contributed by atoms with van der Waals surface area (Å²) in [6.45, 7) is 12.1. The van der Waals surface area contributed by atoms with Gasteiger partial charge in [-0.2, -0.15) is 22.6 Å². The molecule has 1 aromatic heterocycles. The molecule has 2 amide bonds. The van der Waals surface area contributed by atoms with Crippen LogP contribution in [-0.2, 0) is 45.2 Å². The lowest BCUT2D eigenvalue weighted by molar-refractivity contribution is -0.139. The summed E-state index contributed by atoms with van der Waals surface area (Å²) in [6, 6.07) is 4.45. The summed E-state index contributed by atoms with van der Waals surface area (Å²) < 4.78 is 76.8. The lowest BCUT2D eigenvalue weighted by atomic mass is 10.0.